The van der Waals surface area contributed by atoms with Crippen LogP contribution in [-0.4, -0.2) is 11.8 Å². The second-order valence-corrected chi connectivity index (χ2v) is 4.26. The molecule has 2 heterocycles. The first kappa shape index (κ1) is 11.8. The lowest BCUT2D eigenvalue weighted by atomic mass is 10.2. The van der Waals surface area contributed by atoms with Crippen molar-refractivity contribution in [3.63, 3.8) is 0 Å². The van der Waals surface area contributed by atoms with E-state index in [1.165, 1.54) is 0 Å². The minimum atomic E-state index is 0.285. The van der Waals surface area contributed by atoms with Crippen LogP contribution in [0.25, 0.3) is 0 Å². The predicted molar refractivity (Wildman–Crippen MR) is 69.7 cm³/mol. The van der Waals surface area contributed by atoms with Crippen molar-refractivity contribution in [2.45, 2.75) is 13.2 Å². The number of benzene rings is 1. The maximum atomic E-state index is 5.68. The van der Waals surface area contributed by atoms with Crippen molar-refractivity contribution in [3.05, 3.63) is 47.8 Å². The van der Waals surface area contributed by atoms with Crippen LogP contribution in [0.4, 0.5) is 5.69 Å². The van der Waals surface area contributed by atoms with Gasteiger partial charge < -0.3 is 19.9 Å². The summed E-state index contributed by atoms with van der Waals surface area (Å²) in [5, 5.41) is 0. The van der Waals surface area contributed by atoms with Gasteiger partial charge >= 0.3 is 0 Å². The molecule has 1 aliphatic rings. The second-order valence-electron chi connectivity index (χ2n) is 4.26. The number of anilines is 1. The highest BCUT2D eigenvalue weighted by Gasteiger charge is 2.12. The molecule has 2 aromatic rings. The monoisotopic (exact) mass is 258 g/mol. The van der Waals surface area contributed by atoms with Crippen molar-refractivity contribution in [1.82, 2.24) is 4.98 Å². The van der Waals surface area contributed by atoms with Crippen LogP contribution in [0.15, 0.2) is 36.5 Å². The minimum Gasteiger partial charge on any atom is -0.454 e. The van der Waals surface area contributed by atoms with E-state index in [1.54, 1.807) is 18.3 Å². The third-order valence-electron chi connectivity index (χ3n) is 2.80. The van der Waals surface area contributed by atoms with Gasteiger partial charge in [-0.25, -0.2) is 0 Å². The largest absolute Gasteiger partial charge is 0.454 e. The molecule has 1 aliphatic heterocycles. The standard InChI is InChI=1S/C14H14N2O3/c15-11-3-4-16-12(6-11)8-17-7-10-1-2-13-14(5-10)19-9-18-13/h1-6H,7-9H2,(H2,15,16). The Balaban J connectivity index is 1.58. The smallest absolute Gasteiger partial charge is 0.231 e. The number of ether oxygens (including phenoxy) is 3. The van der Waals surface area contributed by atoms with Gasteiger partial charge in [0.05, 0.1) is 18.9 Å². The van der Waals surface area contributed by atoms with E-state index < -0.39 is 0 Å². The average Bonchev–Trinajstić information content (AvgIpc) is 2.86. The van der Waals surface area contributed by atoms with E-state index in [0.717, 1.165) is 22.8 Å². The van der Waals surface area contributed by atoms with Crippen molar-refractivity contribution < 1.29 is 14.2 Å². The maximum Gasteiger partial charge on any atom is 0.231 e. The molecule has 2 N–H and O–H groups in total. The summed E-state index contributed by atoms with van der Waals surface area (Å²) in [5.41, 5.74) is 8.22. The molecule has 3 rings (SSSR count). The van der Waals surface area contributed by atoms with Gasteiger partial charge in [-0.1, -0.05) is 6.07 Å². The molecule has 5 heteroatoms. The SMILES string of the molecule is Nc1ccnc(COCc2ccc3c(c2)OCO3)c1. The van der Waals surface area contributed by atoms with E-state index in [-0.39, 0.29) is 6.79 Å². The van der Waals surface area contributed by atoms with Crippen LogP contribution < -0.4 is 15.2 Å². The van der Waals surface area contributed by atoms with E-state index >= 15 is 0 Å². The number of fused-ring (bicyclic) bond motifs is 1. The molecule has 1 aromatic carbocycles. The topological polar surface area (TPSA) is 66.6 Å². The fourth-order valence-electron chi connectivity index (χ4n) is 1.88. The van der Waals surface area contributed by atoms with Gasteiger partial charge in [0.15, 0.2) is 11.5 Å². The molecule has 1 aromatic heterocycles. The van der Waals surface area contributed by atoms with Gasteiger partial charge in [0.25, 0.3) is 0 Å². The zero-order chi connectivity index (χ0) is 13.1. The Labute approximate surface area is 110 Å². The van der Waals surface area contributed by atoms with E-state index in [9.17, 15) is 0 Å². The van der Waals surface area contributed by atoms with Crippen LogP contribution >= 0.6 is 0 Å². The van der Waals surface area contributed by atoms with E-state index in [4.69, 9.17) is 19.9 Å². The van der Waals surface area contributed by atoms with Gasteiger partial charge in [0.1, 0.15) is 0 Å². The molecule has 0 radical (unpaired) electrons. The minimum absolute atomic E-state index is 0.285. The van der Waals surface area contributed by atoms with Crippen molar-refractivity contribution in [3.8, 4) is 11.5 Å². The molecule has 0 atom stereocenters. The van der Waals surface area contributed by atoms with Crippen LogP contribution in [0.2, 0.25) is 0 Å². The summed E-state index contributed by atoms with van der Waals surface area (Å²) in [6, 6.07) is 9.33. The van der Waals surface area contributed by atoms with Gasteiger partial charge in [-0.05, 0) is 29.8 Å². The number of rotatable bonds is 4. The summed E-state index contributed by atoms with van der Waals surface area (Å²) in [5.74, 6) is 1.55. The van der Waals surface area contributed by atoms with Crippen molar-refractivity contribution in [2.75, 3.05) is 12.5 Å². The summed E-state index contributed by atoms with van der Waals surface area (Å²) >= 11 is 0. The quantitative estimate of drug-likeness (QED) is 0.909. The lowest BCUT2D eigenvalue weighted by Crippen LogP contribution is -1.97. The lowest BCUT2D eigenvalue weighted by molar-refractivity contribution is 0.104. The number of nitrogens with two attached hydrogens (primary N) is 1. The molecule has 19 heavy (non-hydrogen) atoms. The molecule has 0 unspecified atom stereocenters. The van der Waals surface area contributed by atoms with Crippen LogP contribution in [0.1, 0.15) is 11.3 Å². The molecule has 0 amide bonds. The third kappa shape index (κ3) is 2.77. The highest BCUT2D eigenvalue weighted by molar-refractivity contribution is 5.44. The van der Waals surface area contributed by atoms with Gasteiger partial charge in [-0.3, -0.25) is 4.98 Å². The van der Waals surface area contributed by atoms with E-state index in [2.05, 4.69) is 4.98 Å². The summed E-state index contributed by atoms with van der Waals surface area (Å²) in [7, 11) is 0. The summed E-state index contributed by atoms with van der Waals surface area (Å²) in [6.07, 6.45) is 1.68. The first-order chi connectivity index (χ1) is 9.31. The lowest BCUT2D eigenvalue weighted by Gasteiger charge is -2.05. The first-order valence-electron chi connectivity index (χ1n) is 5.98. The van der Waals surface area contributed by atoms with Gasteiger partial charge in [0.2, 0.25) is 6.79 Å². The highest BCUT2D eigenvalue weighted by atomic mass is 16.7. The summed E-state index contributed by atoms with van der Waals surface area (Å²) in [6.45, 7) is 1.21. The highest BCUT2D eigenvalue weighted by Crippen LogP contribution is 2.32. The Morgan fingerprint density at radius 3 is 2.89 bits per heavy atom. The number of hydrogen-bond acceptors (Lipinski definition) is 5. The van der Waals surface area contributed by atoms with Crippen molar-refractivity contribution in [2.24, 2.45) is 0 Å². The molecule has 0 bridgehead atoms. The van der Waals surface area contributed by atoms with Crippen molar-refractivity contribution in [1.29, 1.82) is 0 Å². The van der Waals surface area contributed by atoms with Crippen LogP contribution in [0.5, 0.6) is 11.5 Å². The fraction of sp³-hybridized carbons (Fsp3) is 0.214. The van der Waals surface area contributed by atoms with Crippen molar-refractivity contribution >= 4 is 5.69 Å². The number of nitrogen functional groups attached to an aromatic ring is 1. The molecule has 5 nitrogen and oxygen atoms in total. The summed E-state index contributed by atoms with van der Waals surface area (Å²) < 4.78 is 16.2. The molecule has 0 spiro atoms. The van der Waals surface area contributed by atoms with Crippen LogP contribution in [0.3, 0.4) is 0 Å². The zero-order valence-corrected chi connectivity index (χ0v) is 10.3. The fourth-order valence-corrected chi connectivity index (χ4v) is 1.88. The summed E-state index contributed by atoms with van der Waals surface area (Å²) in [4.78, 5) is 4.18. The molecule has 0 fully saturated rings. The van der Waals surface area contributed by atoms with Gasteiger partial charge in [0, 0.05) is 11.9 Å². The van der Waals surface area contributed by atoms with Gasteiger partial charge in [-0.2, -0.15) is 0 Å². The normalized spacial score (nSPS) is 12.6. The zero-order valence-electron chi connectivity index (χ0n) is 10.3. The Hall–Kier alpha value is -2.27. The number of aromatic nitrogens is 1. The maximum absolute atomic E-state index is 5.68. The third-order valence-corrected chi connectivity index (χ3v) is 2.80. The number of nitrogens with zero attached hydrogens (tertiary/aromatic N) is 1. The molecule has 98 valence electrons. The average molecular weight is 258 g/mol. The number of pyridine rings is 1. The molecular formula is C14H14N2O3. The Morgan fingerprint density at radius 1 is 1.11 bits per heavy atom. The van der Waals surface area contributed by atoms with Crippen LogP contribution in [0, 0.1) is 0 Å². The first-order valence-corrected chi connectivity index (χ1v) is 5.98. The Kier molecular flexibility index (Phi) is 3.20. The number of hydrogen-bond donors (Lipinski definition) is 1. The molecule has 0 saturated heterocycles. The Morgan fingerprint density at radius 2 is 2.00 bits per heavy atom. The van der Waals surface area contributed by atoms with E-state index in [0.29, 0.717) is 18.9 Å². The van der Waals surface area contributed by atoms with Crippen LogP contribution in [-0.2, 0) is 18.0 Å². The molecule has 0 saturated carbocycles. The Bertz CT molecular complexity index is 587. The molecule has 0 aliphatic carbocycles. The van der Waals surface area contributed by atoms with E-state index in [1.807, 2.05) is 18.2 Å². The molecular weight excluding hydrogens is 244 g/mol. The van der Waals surface area contributed by atoms with Gasteiger partial charge in [-0.15, -0.1) is 0 Å². The second kappa shape index (κ2) is 5.16. The predicted octanol–water partition coefficient (Wildman–Crippen LogP) is 2.11.